The summed E-state index contributed by atoms with van der Waals surface area (Å²) in [6.07, 6.45) is 2.46. The molecule has 3 aromatic heterocycles. The number of nitrogens with one attached hydrogen (secondary N) is 1. The molecule has 0 radical (unpaired) electrons. The van der Waals surface area contributed by atoms with Crippen LogP contribution < -0.4 is 10.9 Å². The van der Waals surface area contributed by atoms with Crippen LogP contribution in [0.2, 0.25) is 0 Å². The maximum absolute atomic E-state index is 13.1. The Bertz CT molecular complexity index is 1260. The van der Waals surface area contributed by atoms with E-state index in [4.69, 9.17) is 0 Å². The summed E-state index contributed by atoms with van der Waals surface area (Å²) < 4.78 is 27.6. The Balaban J connectivity index is 1.71. The van der Waals surface area contributed by atoms with Gasteiger partial charge in [-0.25, -0.2) is 13.8 Å². The van der Waals surface area contributed by atoms with E-state index in [1.165, 1.54) is 16.8 Å². The number of carbonyl (C=O) groups excluding carboxylic acids is 1. The van der Waals surface area contributed by atoms with Crippen molar-refractivity contribution in [2.45, 2.75) is 38.7 Å². The van der Waals surface area contributed by atoms with Gasteiger partial charge >= 0.3 is 0 Å². The number of anilines is 1. The minimum absolute atomic E-state index is 0.110. The lowest BCUT2D eigenvalue weighted by Crippen LogP contribution is -2.21. The summed E-state index contributed by atoms with van der Waals surface area (Å²) in [5, 5.41) is 13.0. The molecule has 0 unspecified atom stereocenters. The fraction of sp³-hybridized carbons (Fsp3) is 0.364. The molecule has 1 aliphatic carbocycles. The minimum Gasteiger partial charge on any atom is -0.387 e. The largest absolute Gasteiger partial charge is 0.387 e. The van der Waals surface area contributed by atoms with Gasteiger partial charge in [-0.15, -0.1) is 0 Å². The number of aryl methyl sites for hydroxylation is 2. The van der Waals surface area contributed by atoms with E-state index in [9.17, 15) is 23.5 Å². The predicted octanol–water partition coefficient (Wildman–Crippen LogP) is 3.34. The molecule has 0 saturated heterocycles. The third-order valence-electron chi connectivity index (χ3n) is 5.65. The Morgan fingerprint density at radius 3 is 2.61 bits per heavy atom. The van der Waals surface area contributed by atoms with Gasteiger partial charge in [0.15, 0.2) is 0 Å². The van der Waals surface area contributed by atoms with Gasteiger partial charge in [0.05, 0.1) is 17.3 Å². The topological polar surface area (TPSA) is 97.1 Å². The van der Waals surface area contributed by atoms with Crippen LogP contribution in [0.3, 0.4) is 0 Å². The van der Waals surface area contributed by atoms with E-state index >= 15 is 0 Å². The summed E-state index contributed by atoms with van der Waals surface area (Å²) in [6.45, 7) is 3.70. The number of hydrogen-bond donors (Lipinski definition) is 2. The Morgan fingerprint density at radius 2 is 2.00 bits per heavy atom. The van der Waals surface area contributed by atoms with Crippen molar-refractivity contribution in [2.75, 3.05) is 5.32 Å². The molecule has 1 aliphatic rings. The van der Waals surface area contributed by atoms with Crippen molar-refractivity contribution in [1.29, 1.82) is 0 Å². The van der Waals surface area contributed by atoms with Gasteiger partial charge in [0.2, 0.25) is 5.91 Å². The molecule has 3 heterocycles. The molecular weight excluding hydrogens is 406 g/mol. The first-order valence-corrected chi connectivity index (χ1v) is 9.96. The molecule has 0 bridgehead atoms. The van der Waals surface area contributed by atoms with Gasteiger partial charge < -0.3 is 15.0 Å². The number of fused-ring (bicyclic) bond motifs is 1. The number of alkyl halides is 2. The van der Waals surface area contributed by atoms with Crippen molar-refractivity contribution in [3.8, 4) is 11.1 Å². The lowest BCUT2D eigenvalue weighted by atomic mass is 10.0. The molecule has 1 amide bonds. The molecule has 162 valence electrons. The highest BCUT2D eigenvalue weighted by molar-refractivity contribution is 5.96. The molecule has 4 rings (SSSR count). The maximum atomic E-state index is 13.1. The Kier molecular flexibility index (Phi) is 5.09. The zero-order valence-electron chi connectivity index (χ0n) is 17.3. The van der Waals surface area contributed by atoms with Crippen LogP contribution in [0, 0.1) is 12.8 Å². The smallest absolute Gasteiger partial charge is 0.260 e. The number of aliphatic hydroxyl groups excluding tert-OH is 1. The number of amides is 1. The SMILES string of the molecule is CC[C@H](O)c1cc(C)c(-c2cc3cnc(NC(=O)[C@@H]4CC4(F)F)cc3n(C)c2=O)cn1. The number of halogens is 2. The lowest BCUT2D eigenvalue weighted by Gasteiger charge is -2.14. The van der Waals surface area contributed by atoms with Gasteiger partial charge in [-0.05, 0) is 31.0 Å². The Labute approximate surface area is 176 Å². The molecule has 7 nitrogen and oxygen atoms in total. The van der Waals surface area contributed by atoms with Crippen LogP contribution in [0.4, 0.5) is 14.6 Å². The van der Waals surface area contributed by atoms with Gasteiger partial charge in [-0.3, -0.25) is 14.6 Å². The normalized spacial score (nSPS) is 18.1. The van der Waals surface area contributed by atoms with Gasteiger partial charge in [0.1, 0.15) is 11.7 Å². The molecule has 0 aliphatic heterocycles. The molecule has 1 fully saturated rings. The van der Waals surface area contributed by atoms with Crippen LogP contribution in [-0.2, 0) is 11.8 Å². The minimum atomic E-state index is -2.96. The van der Waals surface area contributed by atoms with Crippen molar-refractivity contribution in [2.24, 2.45) is 13.0 Å². The average Bonchev–Trinajstić information content (AvgIpc) is 3.39. The number of carbonyl (C=O) groups is 1. The number of hydrogen-bond acceptors (Lipinski definition) is 5. The number of pyridine rings is 3. The van der Waals surface area contributed by atoms with Gasteiger partial charge in [-0.1, -0.05) is 6.92 Å². The summed E-state index contributed by atoms with van der Waals surface area (Å²) in [5.74, 6) is -4.97. The van der Waals surface area contributed by atoms with Crippen LogP contribution in [0.1, 0.15) is 37.1 Å². The summed E-state index contributed by atoms with van der Waals surface area (Å²) in [6, 6.07) is 4.94. The fourth-order valence-electron chi connectivity index (χ4n) is 3.59. The summed E-state index contributed by atoms with van der Waals surface area (Å²) in [4.78, 5) is 33.4. The van der Waals surface area contributed by atoms with Crippen LogP contribution >= 0.6 is 0 Å². The second-order valence-electron chi connectivity index (χ2n) is 7.91. The van der Waals surface area contributed by atoms with Gasteiger partial charge in [0, 0.05) is 48.4 Å². The number of aliphatic hydroxyl groups is 1. The highest BCUT2D eigenvalue weighted by atomic mass is 19.3. The third-order valence-corrected chi connectivity index (χ3v) is 5.65. The number of aromatic nitrogens is 3. The molecule has 9 heteroatoms. The first-order valence-electron chi connectivity index (χ1n) is 9.96. The fourth-order valence-corrected chi connectivity index (χ4v) is 3.59. The summed E-state index contributed by atoms with van der Waals surface area (Å²) in [7, 11) is 1.59. The van der Waals surface area contributed by atoms with E-state index in [2.05, 4.69) is 15.3 Å². The summed E-state index contributed by atoms with van der Waals surface area (Å²) in [5.41, 5.74) is 2.64. The number of nitrogens with zero attached hydrogens (tertiary/aromatic N) is 3. The maximum Gasteiger partial charge on any atom is 0.260 e. The van der Waals surface area contributed by atoms with Gasteiger partial charge in [0.25, 0.3) is 11.5 Å². The van der Waals surface area contributed by atoms with Crippen LogP contribution in [0.15, 0.2) is 35.4 Å². The lowest BCUT2D eigenvalue weighted by molar-refractivity contribution is -0.119. The van der Waals surface area contributed by atoms with E-state index in [1.54, 1.807) is 25.4 Å². The molecule has 0 aromatic carbocycles. The first kappa shape index (κ1) is 21.0. The van der Waals surface area contributed by atoms with E-state index in [-0.39, 0.29) is 11.4 Å². The quantitative estimate of drug-likeness (QED) is 0.650. The van der Waals surface area contributed by atoms with Crippen molar-refractivity contribution < 1.29 is 18.7 Å². The second-order valence-corrected chi connectivity index (χ2v) is 7.91. The standard InChI is InChI=1S/C22H22F2N4O3/c1-4-18(29)16-5-11(2)14(10-25-16)13-6-12-9-26-19(7-17(12)28(3)21(13)31)27-20(30)15-8-22(15,23)24/h5-7,9-10,15,18,29H,4,8H2,1-3H3,(H,26,27,30)/t15-,18-/m0/s1. The second kappa shape index (κ2) is 7.49. The van der Waals surface area contributed by atoms with Crippen molar-refractivity contribution in [3.63, 3.8) is 0 Å². The average molecular weight is 428 g/mol. The Hall–Kier alpha value is -3.20. The molecular formula is C22H22F2N4O3. The van der Waals surface area contributed by atoms with Crippen LogP contribution in [-0.4, -0.2) is 31.5 Å². The van der Waals surface area contributed by atoms with Crippen molar-refractivity contribution in [1.82, 2.24) is 14.5 Å². The molecule has 31 heavy (non-hydrogen) atoms. The van der Waals surface area contributed by atoms with Gasteiger partial charge in [-0.2, -0.15) is 0 Å². The highest BCUT2D eigenvalue weighted by Crippen LogP contribution is 2.49. The third kappa shape index (κ3) is 3.81. The van der Waals surface area contributed by atoms with Crippen molar-refractivity contribution >= 4 is 22.6 Å². The predicted molar refractivity (Wildman–Crippen MR) is 112 cm³/mol. The molecule has 2 atom stereocenters. The zero-order valence-corrected chi connectivity index (χ0v) is 17.3. The van der Waals surface area contributed by atoms with Crippen LogP contribution in [0.25, 0.3) is 22.0 Å². The monoisotopic (exact) mass is 428 g/mol. The molecule has 3 aromatic rings. The van der Waals surface area contributed by atoms with E-state index in [0.29, 0.717) is 34.1 Å². The summed E-state index contributed by atoms with van der Waals surface area (Å²) >= 11 is 0. The number of rotatable bonds is 5. The molecule has 1 saturated carbocycles. The Morgan fingerprint density at radius 1 is 1.29 bits per heavy atom. The van der Waals surface area contributed by atoms with Crippen molar-refractivity contribution in [3.05, 3.63) is 52.2 Å². The van der Waals surface area contributed by atoms with Crippen LogP contribution in [0.5, 0.6) is 0 Å². The first-order chi connectivity index (χ1) is 14.6. The molecule has 0 spiro atoms. The molecule has 2 N–H and O–H groups in total. The van der Waals surface area contributed by atoms with E-state index < -0.39 is 30.3 Å². The highest BCUT2D eigenvalue weighted by Gasteiger charge is 2.61. The zero-order chi connectivity index (χ0) is 22.5. The van der Waals surface area contributed by atoms with E-state index in [1.807, 2.05) is 13.8 Å². The van der Waals surface area contributed by atoms with E-state index in [0.717, 1.165) is 5.56 Å².